The van der Waals surface area contributed by atoms with E-state index in [0.29, 0.717) is 0 Å². The molecule has 1 saturated heterocycles. The van der Waals surface area contributed by atoms with E-state index in [4.69, 9.17) is 14.2 Å². The number of hydrogen-bond donors (Lipinski definition) is 6. The van der Waals surface area contributed by atoms with E-state index in [1.807, 2.05) is 0 Å². The molecule has 0 bridgehead atoms. The summed E-state index contributed by atoms with van der Waals surface area (Å²) in [5.74, 6) is -2.65. The third-order valence-electron chi connectivity index (χ3n) is 5.89. The maximum Gasteiger partial charge on any atom is 0.229 e. The third-order valence-corrected chi connectivity index (χ3v) is 5.89. The molecule has 2 aromatic rings. The summed E-state index contributed by atoms with van der Waals surface area (Å²) in [6.45, 7) is 0.714. The van der Waals surface area contributed by atoms with E-state index in [1.54, 1.807) is 0 Å². The number of benzene rings is 2. The van der Waals surface area contributed by atoms with Gasteiger partial charge in [0.05, 0.1) is 30.4 Å². The largest absolute Gasteiger partial charge is 0.507 e. The van der Waals surface area contributed by atoms with E-state index in [2.05, 4.69) is 0 Å². The lowest BCUT2D eigenvalue weighted by atomic mass is 9.81. The minimum absolute atomic E-state index is 0.0226. The van der Waals surface area contributed by atoms with Gasteiger partial charge in [-0.2, -0.15) is 0 Å². The smallest absolute Gasteiger partial charge is 0.229 e. The predicted octanol–water partition coefficient (Wildman–Crippen LogP) is -0.631. The van der Waals surface area contributed by atoms with E-state index >= 15 is 0 Å². The first-order valence-corrected chi connectivity index (χ1v) is 9.95. The van der Waals surface area contributed by atoms with Gasteiger partial charge in [0.1, 0.15) is 47.4 Å². The molecule has 1 aliphatic heterocycles. The lowest BCUT2D eigenvalue weighted by Crippen LogP contribution is -2.60. The Labute approximate surface area is 187 Å². The molecule has 5 unspecified atom stereocenters. The number of carbonyl (C=O) groups is 2. The van der Waals surface area contributed by atoms with Gasteiger partial charge in [0, 0.05) is 11.1 Å². The molecule has 5 atom stereocenters. The average molecular weight is 462 g/mol. The maximum absolute atomic E-state index is 13.2. The van der Waals surface area contributed by atoms with Crippen LogP contribution in [0.2, 0.25) is 0 Å². The second-order valence-electron chi connectivity index (χ2n) is 7.78. The summed E-state index contributed by atoms with van der Waals surface area (Å²) in [6, 6.07) is 3.67. The number of phenols is 2. The third kappa shape index (κ3) is 3.41. The van der Waals surface area contributed by atoms with Gasteiger partial charge < -0.3 is 44.8 Å². The Balaban J connectivity index is 1.79. The van der Waals surface area contributed by atoms with Crippen molar-refractivity contribution in [1.82, 2.24) is 0 Å². The van der Waals surface area contributed by atoms with Crippen molar-refractivity contribution < 1.29 is 54.4 Å². The molecule has 11 heteroatoms. The van der Waals surface area contributed by atoms with Crippen LogP contribution in [-0.4, -0.2) is 86.6 Å². The molecular weight excluding hydrogens is 440 g/mol. The molecule has 2 aliphatic rings. The van der Waals surface area contributed by atoms with Crippen molar-refractivity contribution in [3.05, 3.63) is 46.0 Å². The second-order valence-corrected chi connectivity index (χ2v) is 7.78. The molecule has 0 saturated carbocycles. The van der Waals surface area contributed by atoms with Crippen LogP contribution in [0.1, 0.15) is 37.4 Å². The highest BCUT2D eigenvalue weighted by Crippen LogP contribution is 2.44. The van der Waals surface area contributed by atoms with Crippen LogP contribution in [0.25, 0.3) is 0 Å². The van der Waals surface area contributed by atoms with Crippen LogP contribution in [-0.2, 0) is 4.74 Å². The van der Waals surface area contributed by atoms with Gasteiger partial charge in [0.15, 0.2) is 5.78 Å². The van der Waals surface area contributed by atoms with Crippen molar-refractivity contribution >= 4 is 11.6 Å². The van der Waals surface area contributed by atoms with Crippen LogP contribution in [0.3, 0.4) is 0 Å². The number of carbonyl (C=O) groups excluding carboxylic acids is 2. The molecule has 1 heterocycles. The molecule has 0 aromatic heterocycles. The zero-order valence-electron chi connectivity index (χ0n) is 17.6. The van der Waals surface area contributed by atoms with Crippen LogP contribution >= 0.6 is 0 Å². The molecule has 0 amide bonds. The maximum atomic E-state index is 13.2. The Bertz CT molecular complexity index is 1140. The van der Waals surface area contributed by atoms with Crippen molar-refractivity contribution in [2.24, 2.45) is 0 Å². The lowest BCUT2D eigenvalue weighted by Gasteiger charge is -2.39. The predicted molar refractivity (Wildman–Crippen MR) is 109 cm³/mol. The number of ether oxygens (including phenoxy) is 3. The topological polar surface area (TPSA) is 183 Å². The van der Waals surface area contributed by atoms with Crippen LogP contribution in [0, 0.1) is 6.92 Å². The van der Waals surface area contributed by atoms with E-state index in [1.165, 1.54) is 26.2 Å². The monoisotopic (exact) mass is 462 g/mol. The van der Waals surface area contributed by atoms with Crippen molar-refractivity contribution in [3.63, 3.8) is 0 Å². The Morgan fingerprint density at radius 2 is 1.64 bits per heavy atom. The Morgan fingerprint density at radius 1 is 0.939 bits per heavy atom. The van der Waals surface area contributed by atoms with E-state index in [-0.39, 0.29) is 39.3 Å². The fourth-order valence-corrected chi connectivity index (χ4v) is 4.02. The van der Waals surface area contributed by atoms with Crippen molar-refractivity contribution in [3.8, 4) is 23.0 Å². The Kier molecular flexibility index (Phi) is 5.76. The normalized spacial score (nSPS) is 26.5. The van der Waals surface area contributed by atoms with Crippen LogP contribution in [0.15, 0.2) is 18.2 Å². The summed E-state index contributed by atoms with van der Waals surface area (Å²) in [6.07, 6.45) is -7.85. The van der Waals surface area contributed by atoms with Crippen molar-refractivity contribution in [2.45, 2.75) is 37.6 Å². The first kappa shape index (κ1) is 23.0. The van der Waals surface area contributed by atoms with E-state index < -0.39 is 60.4 Å². The standard InChI is InChI=1S/C22H22O11/c1-7-11(32-22-21(30)20(29)18(27)12(6-23)33-22)5-8-13(16(7)25)19(28)15-10(31-2)4-3-9(24)14(15)17(8)26/h3-5,12,18,20-25,27,29-30H,6H2,1-2H3. The highest BCUT2D eigenvalue weighted by atomic mass is 16.7. The quantitative estimate of drug-likeness (QED) is 0.290. The summed E-state index contributed by atoms with van der Waals surface area (Å²) in [5, 5.41) is 60.5. The number of hydrogen-bond acceptors (Lipinski definition) is 11. The summed E-state index contributed by atoms with van der Waals surface area (Å²) in [7, 11) is 1.29. The first-order valence-electron chi connectivity index (χ1n) is 9.95. The molecule has 0 spiro atoms. The minimum Gasteiger partial charge on any atom is -0.507 e. The molecule has 33 heavy (non-hydrogen) atoms. The SMILES string of the molecule is COc1ccc(O)c2c1C(=O)c1c(cc(OC3OC(CO)C(O)C(O)C3O)c(C)c1O)C2=O. The number of aliphatic hydroxyl groups excluding tert-OH is 4. The summed E-state index contributed by atoms with van der Waals surface area (Å²) < 4.78 is 16.0. The highest BCUT2D eigenvalue weighted by Gasteiger charge is 2.45. The molecule has 1 fully saturated rings. The Morgan fingerprint density at radius 3 is 2.27 bits per heavy atom. The molecule has 2 aromatic carbocycles. The number of fused-ring (bicyclic) bond motifs is 2. The molecule has 4 rings (SSSR count). The number of aliphatic hydroxyl groups is 4. The van der Waals surface area contributed by atoms with Gasteiger partial charge in [0.2, 0.25) is 12.1 Å². The number of methoxy groups -OCH3 is 1. The van der Waals surface area contributed by atoms with E-state index in [9.17, 15) is 40.2 Å². The van der Waals surface area contributed by atoms with Crippen LogP contribution < -0.4 is 9.47 Å². The molecule has 176 valence electrons. The number of aromatic hydroxyl groups is 2. The summed E-state index contributed by atoms with van der Waals surface area (Å²) in [5.41, 5.74) is -1.04. The van der Waals surface area contributed by atoms with Gasteiger partial charge in [0.25, 0.3) is 0 Å². The molecular formula is C22H22O11. The minimum atomic E-state index is -1.73. The fraction of sp³-hybridized carbons (Fsp3) is 0.364. The van der Waals surface area contributed by atoms with Gasteiger partial charge >= 0.3 is 0 Å². The summed E-state index contributed by atoms with van der Waals surface area (Å²) in [4.78, 5) is 26.4. The van der Waals surface area contributed by atoms with Crippen molar-refractivity contribution in [1.29, 1.82) is 0 Å². The number of ketones is 2. The van der Waals surface area contributed by atoms with Crippen LogP contribution in [0.4, 0.5) is 0 Å². The zero-order valence-corrected chi connectivity index (χ0v) is 17.6. The van der Waals surface area contributed by atoms with Gasteiger partial charge in [-0.15, -0.1) is 0 Å². The fourth-order valence-electron chi connectivity index (χ4n) is 4.02. The van der Waals surface area contributed by atoms with Gasteiger partial charge in [-0.25, -0.2) is 0 Å². The zero-order chi connectivity index (χ0) is 24.2. The number of rotatable bonds is 4. The van der Waals surface area contributed by atoms with Gasteiger partial charge in [-0.3, -0.25) is 9.59 Å². The van der Waals surface area contributed by atoms with Crippen LogP contribution in [0.5, 0.6) is 23.0 Å². The van der Waals surface area contributed by atoms with E-state index in [0.717, 1.165) is 6.07 Å². The molecule has 0 radical (unpaired) electrons. The molecule has 6 N–H and O–H groups in total. The average Bonchev–Trinajstić information content (AvgIpc) is 2.80. The Hall–Kier alpha value is -3.22. The van der Waals surface area contributed by atoms with Gasteiger partial charge in [-0.05, 0) is 25.1 Å². The lowest BCUT2D eigenvalue weighted by molar-refractivity contribution is -0.277. The number of phenolic OH excluding ortho intramolecular Hbond substituents is 2. The summed E-state index contributed by atoms with van der Waals surface area (Å²) >= 11 is 0. The highest BCUT2D eigenvalue weighted by molar-refractivity contribution is 6.31. The molecule has 11 nitrogen and oxygen atoms in total. The molecule has 1 aliphatic carbocycles. The van der Waals surface area contributed by atoms with Gasteiger partial charge in [-0.1, -0.05) is 0 Å². The van der Waals surface area contributed by atoms with Crippen molar-refractivity contribution in [2.75, 3.05) is 13.7 Å². The second kappa shape index (κ2) is 8.28. The first-order chi connectivity index (χ1) is 15.6.